The second kappa shape index (κ2) is 27.3. The molecule has 0 aromatic rings. The van der Waals surface area contributed by atoms with Crippen LogP contribution in [-0.2, 0) is 47.7 Å². The van der Waals surface area contributed by atoms with Gasteiger partial charge in [-0.1, -0.05) is 48.0 Å². The number of nitrogens with one attached hydrogen (secondary N) is 6. The Kier molecular flexibility index (Phi) is 25.2. The van der Waals surface area contributed by atoms with Crippen molar-refractivity contribution in [3.8, 4) is 0 Å². The van der Waals surface area contributed by atoms with Crippen molar-refractivity contribution in [2.75, 3.05) is 13.2 Å². The molecule has 24 nitrogen and oxygen atoms in total. The van der Waals surface area contributed by atoms with Crippen molar-refractivity contribution in [2.45, 2.75) is 135 Å². The molecule has 18 N–H and O–H groups in total. The number of carboxylic acids is 3. The molecule has 0 saturated heterocycles. The molecule has 8 atom stereocenters. The predicted molar refractivity (Wildman–Crippen MR) is 210 cm³/mol. The summed E-state index contributed by atoms with van der Waals surface area (Å²) in [5, 5.41) is 42.2. The number of quaternary nitrogens is 2. The predicted octanol–water partition coefficient (Wildman–Crippen LogP) is -4.24. The number of hydrogen-bond donors (Lipinski definition) is 14. The van der Waals surface area contributed by atoms with E-state index in [4.69, 9.17) is 5.11 Å². The van der Waals surface area contributed by atoms with Gasteiger partial charge >= 0.3 is 26.1 Å². The van der Waals surface area contributed by atoms with E-state index in [0.29, 0.717) is 19.4 Å². The largest absolute Gasteiger partial charge is 0.567 e. The van der Waals surface area contributed by atoms with Crippen LogP contribution in [0.15, 0.2) is 0 Å². The Morgan fingerprint density at radius 2 is 1.02 bits per heavy atom. The topological polar surface area (TPSA) is 412 Å². The lowest BCUT2D eigenvalue weighted by atomic mass is 9.97. The minimum absolute atomic E-state index is 0.0440. The highest BCUT2D eigenvalue weighted by Gasteiger charge is 2.40. The van der Waals surface area contributed by atoms with E-state index in [1.54, 1.807) is 34.6 Å². The summed E-state index contributed by atoms with van der Waals surface area (Å²) in [5.41, 5.74) is 7.11. The number of aliphatic carboxylic acids is 3. The van der Waals surface area contributed by atoms with E-state index in [-0.39, 0.29) is 37.5 Å². The van der Waals surface area contributed by atoms with Gasteiger partial charge in [-0.15, -0.1) is 0 Å². The highest BCUT2D eigenvalue weighted by molar-refractivity contribution is 7.53. The first-order valence-corrected chi connectivity index (χ1v) is 21.1. The SMILES string of the molecule is CC[C@H](C)[C@H](NC(=O)[C@H](CC(=O)O)NC(=O)[C@@H]([NH3+])CC(=O)O)C(=O)N[C@@H](CO[P+](O)(O)O)C(=O)N[C@@H](CC(C)C)C(=O)N[C@@H](CC(C)C)C(=O)N[C@@H](CCCC[NH3+])C(=O)O. The lowest BCUT2D eigenvalue weighted by molar-refractivity contribution is -0.403. The van der Waals surface area contributed by atoms with Gasteiger partial charge in [0.25, 0.3) is 5.91 Å². The first-order chi connectivity index (χ1) is 27.7. The maximum Gasteiger partial charge on any atom is 0.567 e. The average molecular weight is 886 g/mol. The maximum atomic E-state index is 13.8. The van der Waals surface area contributed by atoms with Crippen LogP contribution in [0.25, 0.3) is 0 Å². The van der Waals surface area contributed by atoms with Crippen LogP contribution in [-0.4, -0.2) is 139 Å². The number of amides is 6. The maximum absolute atomic E-state index is 13.8. The van der Waals surface area contributed by atoms with Crippen molar-refractivity contribution in [1.82, 2.24) is 31.9 Å². The number of hydrogen-bond acceptors (Lipinski definition) is 13. The molecule has 0 bridgehead atoms. The zero-order valence-electron chi connectivity index (χ0n) is 35.0. The van der Waals surface area contributed by atoms with Gasteiger partial charge in [0.05, 0.1) is 13.0 Å². The summed E-state index contributed by atoms with van der Waals surface area (Å²) in [6, 6.07) is -10.6. The molecular formula is C35H66N8O16P+3. The highest BCUT2D eigenvalue weighted by atomic mass is 31.2. The van der Waals surface area contributed by atoms with E-state index in [0.717, 1.165) is 0 Å². The first kappa shape index (κ1) is 55.4. The molecule has 0 radical (unpaired) electrons. The van der Waals surface area contributed by atoms with Crippen LogP contribution in [0.3, 0.4) is 0 Å². The molecule has 0 saturated carbocycles. The fourth-order valence-electron chi connectivity index (χ4n) is 5.56. The number of unbranched alkanes of at least 4 members (excludes halogenated alkanes) is 1. The van der Waals surface area contributed by atoms with E-state index in [2.05, 4.69) is 47.9 Å². The molecule has 0 heterocycles. The van der Waals surface area contributed by atoms with Crippen molar-refractivity contribution in [1.29, 1.82) is 0 Å². The Bertz CT molecular complexity index is 1480. The van der Waals surface area contributed by atoms with Gasteiger partial charge in [0.2, 0.25) is 29.5 Å². The van der Waals surface area contributed by atoms with Gasteiger partial charge in [-0.2, -0.15) is 19.2 Å². The first-order valence-electron chi connectivity index (χ1n) is 19.5. The van der Waals surface area contributed by atoms with Crippen LogP contribution in [0.5, 0.6) is 0 Å². The van der Waals surface area contributed by atoms with Crippen LogP contribution in [0, 0.1) is 17.8 Å². The molecule has 0 aromatic carbocycles. The third-order valence-corrected chi connectivity index (χ3v) is 9.43. The number of rotatable bonds is 30. The van der Waals surface area contributed by atoms with Gasteiger partial charge in [-0.05, 0) is 49.9 Å². The zero-order chi connectivity index (χ0) is 46.5. The van der Waals surface area contributed by atoms with Crippen LogP contribution < -0.4 is 43.4 Å². The fourth-order valence-corrected chi connectivity index (χ4v) is 5.91. The minimum Gasteiger partial charge on any atom is -0.481 e. The summed E-state index contributed by atoms with van der Waals surface area (Å²) in [6.45, 7) is 9.54. The summed E-state index contributed by atoms with van der Waals surface area (Å²) in [5.74, 6) is -11.6. The molecule has 60 heavy (non-hydrogen) atoms. The zero-order valence-corrected chi connectivity index (χ0v) is 35.9. The van der Waals surface area contributed by atoms with Crippen molar-refractivity contribution in [3.05, 3.63) is 0 Å². The van der Waals surface area contributed by atoms with E-state index in [1.807, 2.05) is 0 Å². The van der Waals surface area contributed by atoms with Crippen molar-refractivity contribution in [3.63, 3.8) is 0 Å². The molecule has 0 unspecified atom stereocenters. The van der Waals surface area contributed by atoms with E-state index in [9.17, 15) is 68.0 Å². The third kappa shape index (κ3) is 22.7. The van der Waals surface area contributed by atoms with Crippen LogP contribution in [0.2, 0.25) is 0 Å². The molecule has 0 aliphatic rings. The van der Waals surface area contributed by atoms with Crippen molar-refractivity contribution in [2.24, 2.45) is 17.8 Å². The standard InChI is InChI=1S/C35H63N8O16P/c1-7-19(6)28(43-32(51)24(15-27(46)47)39-29(48)20(37)14-26(44)45)34(53)42-25(16-59-60(56,57)58)33(52)41-23(13-18(4)5)31(50)40-22(12-17(2)3)30(49)38-21(35(54)55)10-8-9-11-36/h17-25,28,56-58H,7-16,36-37H2,1-6H3,(H8-,38,39,40,41,42,43,44,45,46,47,48,49,50,51,52,53,54,55)/p+3/t19-,20-,21-,22-,23-,24-,25-,28-/m0/s1. The molecule has 0 fully saturated rings. The summed E-state index contributed by atoms with van der Waals surface area (Å²) < 4.78 is 4.64. The molecule has 0 aliphatic carbocycles. The van der Waals surface area contributed by atoms with Gasteiger partial charge in [0.15, 0.2) is 6.04 Å². The van der Waals surface area contributed by atoms with Gasteiger partial charge < -0.3 is 58.7 Å². The molecular weight excluding hydrogens is 819 g/mol. The molecule has 0 aliphatic heterocycles. The number of carboxylic acid groups (broad SMARTS) is 3. The van der Waals surface area contributed by atoms with Gasteiger partial charge in [-0.25, -0.2) is 4.79 Å². The van der Waals surface area contributed by atoms with Gasteiger partial charge in [0, 0.05) is 0 Å². The lowest BCUT2D eigenvalue weighted by Gasteiger charge is -2.29. The fraction of sp³-hybridized carbons (Fsp3) is 0.743. The third-order valence-electron chi connectivity index (χ3n) is 8.93. The Hall–Kier alpha value is -4.58. The molecule has 6 amide bonds. The Morgan fingerprint density at radius 1 is 0.583 bits per heavy atom. The summed E-state index contributed by atoms with van der Waals surface area (Å²) >= 11 is 0. The molecule has 25 heteroatoms. The summed E-state index contributed by atoms with van der Waals surface area (Å²) in [6.07, 6.45) is -0.287. The van der Waals surface area contributed by atoms with E-state index >= 15 is 0 Å². The van der Waals surface area contributed by atoms with Gasteiger partial charge in [0.1, 0.15) is 49.3 Å². The second-order valence-electron chi connectivity index (χ2n) is 15.3. The van der Waals surface area contributed by atoms with Crippen LogP contribution in [0.4, 0.5) is 0 Å². The van der Waals surface area contributed by atoms with Crippen molar-refractivity contribution < 1.29 is 89.1 Å². The molecule has 0 aromatic heterocycles. The Balaban J connectivity index is 6.55. The number of carbonyl (C=O) groups is 9. The van der Waals surface area contributed by atoms with Gasteiger partial charge in [-0.3, -0.25) is 38.4 Å². The summed E-state index contributed by atoms with van der Waals surface area (Å²) in [4.78, 5) is 144. The Labute approximate surface area is 348 Å². The monoisotopic (exact) mass is 885 g/mol. The van der Waals surface area contributed by atoms with E-state index < -0.39 is 129 Å². The number of carbonyl (C=O) groups excluding carboxylic acids is 6. The quantitative estimate of drug-likeness (QED) is 0.0240. The second-order valence-corrected chi connectivity index (χ2v) is 16.6. The minimum atomic E-state index is -5.04. The van der Waals surface area contributed by atoms with E-state index in [1.165, 1.54) is 6.92 Å². The van der Waals surface area contributed by atoms with Crippen LogP contribution in [0.1, 0.15) is 92.9 Å². The summed E-state index contributed by atoms with van der Waals surface area (Å²) in [7, 11) is -5.04. The molecule has 344 valence electrons. The normalized spacial score (nSPS) is 15.6. The molecule has 0 rings (SSSR count). The molecule has 0 spiro atoms. The Morgan fingerprint density at radius 3 is 1.43 bits per heavy atom. The van der Waals surface area contributed by atoms with Crippen molar-refractivity contribution >= 4 is 61.5 Å². The smallest absolute Gasteiger partial charge is 0.481 e. The van der Waals surface area contributed by atoms with Crippen LogP contribution >= 0.6 is 8.17 Å². The lowest BCUT2D eigenvalue weighted by Crippen LogP contribution is -2.69. The average Bonchev–Trinajstić information content (AvgIpc) is 3.12. The highest BCUT2D eigenvalue weighted by Crippen LogP contribution is 2.45.